The van der Waals surface area contributed by atoms with Crippen LogP contribution in [0.3, 0.4) is 0 Å². The summed E-state index contributed by atoms with van der Waals surface area (Å²) in [6.45, 7) is 6.19. The van der Waals surface area contributed by atoms with E-state index in [-0.39, 0.29) is 30.2 Å². The second kappa shape index (κ2) is 10.2. The van der Waals surface area contributed by atoms with Crippen molar-refractivity contribution in [2.45, 2.75) is 58.1 Å². The molecular weight excluding hydrogens is 377 g/mol. The zero-order valence-corrected chi connectivity index (χ0v) is 17.3. The number of alkyl carbamates (subject to hydrolysis) is 1. The molecule has 1 saturated heterocycles. The van der Waals surface area contributed by atoms with E-state index in [1.807, 2.05) is 0 Å². The molecule has 2 N–H and O–H groups in total. The number of carbonyl (C=O) groups excluding carboxylic acids is 3. The Balaban J connectivity index is 1.65. The van der Waals surface area contributed by atoms with E-state index in [2.05, 4.69) is 10.6 Å². The fraction of sp³-hybridized carbons (Fsp3) is 0.571. The highest BCUT2D eigenvalue weighted by Gasteiger charge is 2.24. The molecule has 1 aliphatic heterocycles. The van der Waals surface area contributed by atoms with E-state index in [4.69, 9.17) is 4.74 Å². The van der Waals surface area contributed by atoms with Crippen LogP contribution in [0, 0.1) is 5.82 Å². The highest BCUT2D eigenvalue weighted by atomic mass is 19.1. The standard InChI is InChI=1S/C21H30FN3O4/c1-21(2,3)29-20(28)23-14-19(27)25-11-9-17(10-12-25)24-18(26)8-7-15-5-4-6-16(22)13-15/h4-6,13,17H,7-12,14H2,1-3H3,(H,23,28)(H,24,26). The van der Waals surface area contributed by atoms with Gasteiger partial charge in [-0.05, 0) is 57.7 Å². The molecule has 0 aliphatic carbocycles. The van der Waals surface area contributed by atoms with Crippen LogP contribution in [0.25, 0.3) is 0 Å². The Morgan fingerprint density at radius 2 is 1.90 bits per heavy atom. The molecule has 0 saturated carbocycles. The largest absolute Gasteiger partial charge is 0.444 e. The number of carbonyl (C=O) groups is 3. The second-order valence-electron chi connectivity index (χ2n) is 8.21. The number of amides is 3. The van der Waals surface area contributed by atoms with Gasteiger partial charge < -0.3 is 20.3 Å². The van der Waals surface area contributed by atoms with Crippen molar-refractivity contribution in [2.75, 3.05) is 19.6 Å². The number of hydrogen-bond acceptors (Lipinski definition) is 4. The molecule has 7 nitrogen and oxygen atoms in total. The van der Waals surface area contributed by atoms with Gasteiger partial charge in [0.2, 0.25) is 11.8 Å². The van der Waals surface area contributed by atoms with Crippen molar-refractivity contribution in [1.29, 1.82) is 0 Å². The van der Waals surface area contributed by atoms with Crippen LogP contribution in [0.15, 0.2) is 24.3 Å². The summed E-state index contributed by atoms with van der Waals surface area (Å²) in [4.78, 5) is 37.7. The van der Waals surface area contributed by atoms with Crippen LogP contribution in [0.4, 0.5) is 9.18 Å². The number of benzene rings is 1. The van der Waals surface area contributed by atoms with E-state index in [1.165, 1.54) is 12.1 Å². The highest BCUT2D eigenvalue weighted by molar-refractivity contribution is 5.82. The fourth-order valence-electron chi connectivity index (χ4n) is 3.10. The third kappa shape index (κ3) is 8.50. The molecule has 0 spiro atoms. The average molecular weight is 407 g/mol. The maximum Gasteiger partial charge on any atom is 0.408 e. The van der Waals surface area contributed by atoms with Crippen molar-refractivity contribution >= 4 is 17.9 Å². The molecule has 0 bridgehead atoms. The molecule has 8 heteroatoms. The molecule has 0 aromatic heterocycles. The molecule has 1 heterocycles. The Labute approximate surface area is 171 Å². The quantitative estimate of drug-likeness (QED) is 0.758. The molecule has 1 aromatic rings. The Bertz CT molecular complexity index is 725. The summed E-state index contributed by atoms with van der Waals surface area (Å²) in [7, 11) is 0. The number of likely N-dealkylation sites (tertiary alicyclic amines) is 1. The van der Waals surface area contributed by atoms with E-state index in [9.17, 15) is 18.8 Å². The molecule has 1 aromatic carbocycles. The molecule has 2 rings (SSSR count). The van der Waals surface area contributed by atoms with E-state index >= 15 is 0 Å². The lowest BCUT2D eigenvalue weighted by atomic mass is 10.0. The van der Waals surface area contributed by atoms with Gasteiger partial charge in [-0.1, -0.05) is 12.1 Å². The van der Waals surface area contributed by atoms with Gasteiger partial charge in [-0.3, -0.25) is 9.59 Å². The number of rotatable bonds is 6. The van der Waals surface area contributed by atoms with Gasteiger partial charge in [0.05, 0.1) is 0 Å². The van der Waals surface area contributed by atoms with Crippen molar-refractivity contribution in [3.8, 4) is 0 Å². The van der Waals surface area contributed by atoms with E-state index < -0.39 is 11.7 Å². The minimum absolute atomic E-state index is 0.0119. The number of hydrogen-bond donors (Lipinski definition) is 2. The van der Waals surface area contributed by atoms with Crippen molar-refractivity contribution in [3.63, 3.8) is 0 Å². The Kier molecular flexibility index (Phi) is 7.99. The molecule has 0 atom stereocenters. The molecule has 3 amide bonds. The van der Waals surface area contributed by atoms with Gasteiger partial charge in [0.25, 0.3) is 0 Å². The minimum atomic E-state index is -0.619. The van der Waals surface area contributed by atoms with Crippen molar-refractivity contribution in [1.82, 2.24) is 15.5 Å². The Morgan fingerprint density at radius 1 is 1.21 bits per heavy atom. The summed E-state index contributed by atoms with van der Waals surface area (Å²) in [5, 5.41) is 5.45. The topological polar surface area (TPSA) is 87.7 Å². The van der Waals surface area contributed by atoms with Crippen molar-refractivity contribution in [3.05, 3.63) is 35.6 Å². The van der Waals surface area contributed by atoms with Gasteiger partial charge in [-0.2, -0.15) is 0 Å². The van der Waals surface area contributed by atoms with Crippen molar-refractivity contribution < 1.29 is 23.5 Å². The maximum absolute atomic E-state index is 13.2. The van der Waals surface area contributed by atoms with Crippen LogP contribution < -0.4 is 10.6 Å². The first kappa shape index (κ1) is 22.6. The zero-order valence-electron chi connectivity index (χ0n) is 17.3. The summed E-state index contributed by atoms with van der Waals surface area (Å²) < 4.78 is 18.3. The molecule has 0 radical (unpaired) electrons. The van der Waals surface area contributed by atoms with Crippen LogP contribution in [0.2, 0.25) is 0 Å². The van der Waals surface area contributed by atoms with Crippen LogP contribution in [0.1, 0.15) is 45.6 Å². The maximum atomic E-state index is 13.2. The van der Waals surface area contributed by atoms with Crippen LogP contribution in [0.5, 0.6) is 0 Å². The first-order valence-electron chi connectivity index (χ1n) is 9.91. The predicted octanol–water partition coefficient (Wildman–Crippen LogP) is 2.39. The number of halogens is 1. The SMILES string of the molecule is CC(C)(C)OC(=O)NCC(=O)N1CCC(NC(=O)CCc2cccc(F)c2)CC1. The van der Waals surface area contributed by atoms with Gasteiger partial charge in [0.1, 0.15) is 18.0 Å². The highest BCUT2D eigenvalue weighted by Crippen LogP contribution is 2.12. The first-order valence-corrected chi connectivity index (χ1v) is 9.91. The monoisotopic (exact) mass is 407 g/mol. The molecule has 1 fully saturated rings. The van der Waals surface area contributed by atoms with Gasteiger partial charge in [0.15, 0.2) is 0 Å². The van der Waals surface area contributed by atoms with Crippen LogP contribution in [-0.2, 0) is 20.7 Å². The summed E-state index contributed by atoms with van der Waals surface area (Å²) in [6, 6.07) is 6.25. The minimum Gasteiger partial charge on any atom is -0.444 e. The van der Waals surface area contributed by atoms with Gasteiger partial charge in [-0.15, -0.1) is 0 Å². The summed E-state index contributed by atoms with van der Waals surface area (Å²) in [5.41, 5.74) is 0.177. The molecular formula is C21H30FN3O4. The van der Waals surface area contributed by atoms with Gasteiger partial charge in [0, 0.05) is 25.6 Å². The molecule has 0 unspecified atom stereocenters. The lowest BCUT2D eigenvalue weighted by Crippen LogP contribution is -2.49. The number of piperidine rings is 1. The normalized spacial score (nSPS) is 15.0. The third-order valence-electron chi connectivity index (χ3n) is 4.53. The van der Waals surface area contributed by atoms with Gasteiger partial charge in [-0.25, -0.2) is 9.18 Å². The van der Waals surface area contributed by atoms with E-state index in [1.54, 1.807) is 37.8 Å². The van der Waals surface area contributed by atoms with E-state index in [0.29, 0.717) is 38.8 Å². The lowest BCUT2D eigenvalue weighted by molar-refractivity contribution is -0.131. The summed E-state index contributed by atoms with van der Waals surface area (Å²) >= 11 is 0. The molecule has 29 heavy (non-hydrogen) atoms. The summed E-state index contributed by atoms with van der Waals surface area (Å²) in [6.07, 6.45) is 1.47. The van der Waals surface area contributed by atoms with Crippen molar-refractivity contribution in [2.24, 2.45) is 0 Å². The Morgan fingerprint density at radius 3 is 2.52 bits per heavy atom. The zero-order chi connectivity index (χ0) is 21.4. The predicted molar refractivity (Wildman–Crippen MR) is 107 cm³/mol. The summed E-state index contributed by atoms with van der Waals surface area (Å²) in [5.74, 6) is -0.557. The van der Waals surface area contributed by atoms with E-state index in [0.717, 1.165) is 5.56 Å². The Hall–Kier alpha value is -2.64. The number of ether oxygens (including phenoxy) is 1. The second-order valence-corrected chi connectivity index (χ2v) is 8.21. The van der Waals surface area contributed by atoms with Gasteiger partial charge >= 0.3 is 6.09 Å². The molecule has 1 aliphatic rings. The lowest BCUT2D eigenvalue weighted by Gasteiger charge is -2.32. The first-order chi connectivity index (χ1) is 13.6. The number of nitrogens with zero attached hydrogens (tertiary/aromatic N) is 1. The number of aryl methyl sites for hydroxylation is 1. The van der Waals surface area contributed by atoms with Crippen LogP contribution in [-0.4, -0.2) is 54.1 Å². The smallest absolute Gasteiger partial charge is 0.408 e. The molecule has 160 valence electrons. The fourth-order valence-corrected chi connectivity index (χ4v) is 3.10. The average Bonchev–Trinajstić information content (AvgIpc) is 2.64. The third-order valence-corrected chi connectivity index (χ3v) is 4.53. The van der Waals surface area contributed by atoms with Crippen LogP contribution >= 0.6 is 0 Å². The number of nitrogens with one attached hydrogen (secondary N) is 2.